The number of benzene rings is 1. The standard InChI is InChI=1S/C16H18F3NS/c17-16(18,19)15(8-4-10-21-15)13-7-9-20-14(11-13)12-5-2-1-3-6-12/h1-6,10,13-14,20H,7-9,11H2. The molecule has 1 aromatic carbocycles. The van der Waals surface area contributed by atoms with Crippen molar-refractivity contribution in [2.75, 3.05) is 6.54 Å². The summed E-state index contributed by atoms with van der Waals surface area (Å²) in [5.74, 6) is -0.344. The average molecular weight is 313 g/mol. The van der Waals surface area contributed by atoms with Crippen LogP contribution in [0.1, 0.15) is 30.9 Å². The van der Waals surface area contributed by atoms with E-state index in [0.29, 0.717) is 19.4 Å². The summed E-state index contributed by atoms with van der Waals surface area (Å²) in [7, 11) is 0. The highest BCUT2D eigenvalue weighted by Crippen LogP contribution is 2.56. The summed E-state index contributed by atoms with van der Waals surface area (Å²) in [4.78, 5) is 0. The van der Waals surface area contributed by atoms with E-state index in [0.717, 1.165) is 17.3 Å². The molecule has 1 fully saturated rings. The summed E-state index contributed by atoms with van der Waals surface area (Å²) in [5.41, 5.74) is 1.08. The van der Waals surface area contributed by atoms with Gasteiger partial charge < -0.3 is 5.32 Å². The zero-order valence-electron chi connectivity index (χ0n) is 11.6. The molecule has 0 aromatic heterocycles. The molecule has 2 aliphatic rings. The summed E-state index contributed by atoms with van der Waals surface area (Å²) < 4.78 is 39.3. The Labute approximate surface area is 127 Å². The SMILES string of the molecule is FC(F)(F)C1(C2CCNC(c3ccccc3)C2)CC=CS1. The molecule has 114 valence electrons. The number of allylic oxidation sites excluding steroid dienone is 1. The lowest BCUT2D eigenvalue weighted by molar-refractivity contribution is -0.173. The van der Waals surface area contributed by atoms with E-state index in [-0.39, 0.29) is 18.4 Å². The fourth-order valence-electron chi connectivity index (χ4n) is 3.40. The molecule has 2 aliphatic heterocycles. The molecule has 1 N–H and O–H groups in total. The molecule has 0 amide bonds. The summed E-state index contributed by atoms with van der Waals surface area (Å²) in [5, 5.41) is 4.98. The first kappa shape index (κ1) is 15.0. The number of halogens is 3. The Morgan fingerprint density at radius 3 is 2.57 bits per heavy atom. The molecule has 1 aromatic rings. The largest absolute Gasteiger partial charge is 0.404 e. The number of hydrogen-bond acceptors (Lipinski definition) is 2. The van der Waals surface area contributed by atoms with Crippen LogP contribution in [-0.4, -0.2) is 17.5 Å². The van der Waals surface area contributed by atoms with Gasteiger partial charge in [0.25, 0.3) is 0 Å². The van der Waals surface area contributed by atoms with Gasteiger partial charge in [0.2, 0.25) is 0 Å². The fraction of sp³-hybridized carbons (Fsp3) is 0.500. The topological polar surface area (TPSA) is 12.0 Å². The van der Waals surface area contributed by atoms with Crippen LogP contribution in [0.4, 0.5) is 13.2 Å². The number of hydrogen-bond donors (Lipinski definition) is 1. The van der Waals surface area contributed by atoms with Crippen LogP contribution in [-0.2, 0) is 0 Å². The van der Waals surface area contributed by atoms with E-state index >= 15 is 0 Å². The van der Waals surface area contributed by atoms with Gasteiger partial charge in [-0.05, 0) is 42.7 Å². The lowest BCUT2D eigenvalue weighted by atomic mass is 9.77. The zero-order chi connectivity index (χ0) is 14.9. The molecule has 1 saturated heterocycles. The molecule has 0 aliphatic carbocycles. The van der Waals surface area contributed by atoms with E-state index < -0.39 is 10.9 Å². The predicted octanol–water partition coefficient (Wildman–Crippen LogP) is 4.68. The normalized spacial score (nSPS) is 33.3. The van der Waals surface area contributed by atoms with Crippen molar-refractivity contribution in [1.29, 1.82) is 0 Å². The maximum atomic E-state index is 13.6. The Balaban J connectivity index is 1.82. The first-order chi connectivity index (χ1) is 10.0. The first-order valence-corrected chi connectivity index (χ1v) is 8.09. The maximum Gasteiger partial charge on any atom is 0.404 e. The van der Waals surface area contributed by atoms with Crippen LogP contribution < -0.4 is 5.32 Å². The van der Waals surface area contributed by atoms with Crippen LogP contribution in [0.5, 0.6) is 0 Å². The maximum absolute atomic E-state index is 13.6. The van der Waals surface area contributed by atoms with E-state index in [9.17, 15) is 13.2 Å². The number of rotatable bonds is 2. The molecule has 2 heterocycles. The third-order valence-electron chi connectivity index (χ3n) is 4.54. The van der Waals surface area contributed by atoms with E-state index in [1.54, 1.807) is 11.5 Å². The van der Waals surface area contributed by atoms with Gasteiger partial charge in [-0.2, -0.15) is 13.2 Å². The van der Waals surface area contributed by atoms with E-state index in [1.807, 2.05) is 30.3 Å². The molecular formula is C16H18F3NS. The molecule has 3 rings (SSSR count). The third kappa shape index (κ3) is 2.73. The van der Waals surface area contributed by atoms with Gasteiger partial charge in [-0.25, -0.2) is 0 Å². The van der Waals surface area contributed by atoms with Gasteiger partial charge in [0.05, 0.1) is 0 Å². The van der Waals surface area contributed by atoms with Gasteiger partial charge in [-0.1, -0.05) is 36.4 Å². The minimum absolute atomic E-state index is 0.0189. The van der Waals surface area contributed by atoms with Crippen LogP contribution >= 0.6 is 11.8 Å². The molecule has 5 heteroatoms. The minimum Gasteiger partial charge on any atom is -0.310 e. The van der Waals surface area contributed by atoms with E-state index in [1.165, 1.54) is 0 Å². The molecule has 1 nitrogen and oxygen atoms in total. The predicted molar refractivity (Wildman–Crippen MR) is 80.0 cm³/mol. The van der Waals surface area contributed by atoms with Crippen molar-refractivity contribution in [3.05, 3.63) is 47.4 Å². The van der Waals surface area contributed by atoms with Crippen molar-refractivity contribution in [3.8, 4) is 0 Å². The molecule has 21 heavy (non-hydrogen) atoms. The Bertz CT molecular complexity index is 504. The molecule has 0 radical (unpaired) electrons. The van der Waals surface area contributed by atoms with E-state index in [2.05, 4.69) is 5.32 Å². The average Bonchev–Trinajstić information content (AvgIpc) is 2.99. The van der Waals surface area contributed by atoms with Gasteiger partial charge in [0.1, 0.15) is 4.75 Å². The molecule has 0 spiro atoms. The Morgan fingerprint density at radius 2 is 1.95 bits per heavy atom. The van der Waals surface area contributed by atoms with Gasteiger partial charge in [0, 0.05) is 6.04 Å². The zero-order valence-corrected chi connectivity index (χ0v) is 12.4. The fourth-order valence-corrected chi connectivity index (χ4v) is 4.57. The second kappa shape index (κ2) is 5.69. The van der Waals surface area contributed by atoms with Gasteiger partial charge in [0.15, 0.2) is 0 Å². The molecule has 3 atom stereocenters. The van der Waals surface area contributed by atoms with Crippen LogP contribution in [0.2, 0.25) is 0 Å². The van der Waals surface area contributed by atoms with Crippen molar-refractivity contribution in [2.45, 2.75) is 36.2 Å². The lowest BCUT2D eigenvalue weighted by Gasteiger charge is -2.43. The van der Waals surface area contributed by atoms with E-state index in [4.69, 9.17) is 0 Å². The Kier molecular flexibility index (Phi) is 4.06. The monoisotopic (exact) mass is 313 g/mol. The molecular weight excluding hydrogens is 295 g/mol. The third-order valence-corrected chi connectivity index (χ3v) is 6.02. The molecule has 3 unspecified atom stereocenters. The molecule has 0 bridgehead atoms. The van der Waals surface area contributed by atoms with Crippen LogP contribution in [0.15, 0.2) is 41.8 Å². The molecule has 0 saturated carbocycles. The van der Waals surface area contributed by atoms with Gasteiger partial charge >= 0.3 is 6.18 Å². The lowest BCUT2D eigenvalue weighted by Crippen LogP contribution is -2.50. The van der Waals surface area contributed by atoms with Crippen molar-refractivity contribution in [2.24, 2.45) is 5.92 Å². The second-order valence-electron chi connectivity index (χ2n) is 5.72. The number of alkyl halides is 3. The highest BCUT2D eigenvalue weighted by atomic mass is 32.2. The summed E-state index contributed by atoms with van der Waals surface area (Å²) in [6.45, 7) is 0.641. The van der Waals surface area contributed by atoms with Crippen molar-refractivity contribution in [1.82, 2.24) is 5.32 Å². The van der Waals surface area contributed by atoms with Crippen molar-refractivity contribution < 1.29 is 13.2 Å². The van der Waals surface area contributed by atoms with Gasteiger partial charge in [-0.3, -0.25) is 0 Å². The second-order valence-corrected chi connectivity index (χ2v) is 6.96. The highest BCUT2D eigenvalue weighted by molar-refractivity contribution is 8.03. The van der Waals surface area contributed by atoms with Crippen LogP contribution in [0.25, 0.3) is 0 Å². The number of piperidine rings is 1. The number of thioether (sulfide) groups is 1. The summed E-state index contributed by atoms with van der Waals surface area (Å²) in [6, 6.07) is 9.79. The Hall–Kier alpha value is -0.940. The highest BCUT2D eigenvalue weighted by Gasteiger charge is 2.60. The smallest absolute Gasteiger partial charge is 0.310 e. The minimum atomic E-state index is -4.16. The van der Waals surface area contributed by atoms with Crippen molar-refractivity contribution in [3.63, 3.8) is 0 Å². The number of nitrogens with one attached hydrogen (secondary N) is 1. The summed E-state index contributed by atoms with van der Waals surface area (Å²) in [6.07, 6.45) is -1.27. The quantitative estimate of drug-likeness (QED) is 0.851. The first-order valence-electron chi connectivity index (χ1n) is 7.21. The van der Waals surface area contributed by atoms with Crippen LogP contribution in [0.3, 0.4) is 0 Å². The van der Waals surface area contributed by atoms with Crippen molar-refractivity contribution >= 4 is 11.8 Å². The van der Waals surface area contributed by atoms with Gasteiger partial charge in [-0.15, -0.1) is 11.8 Å². The Morgan fingerprint density at radius 1 is 1.19 bits per heavy atom. The van der Waals surface area contributed by atoms with Crippen LogP contribution in [0, 0.1) is 5.92 Å². The summed E-state index contributed by atoms with van der Waals surface area (Å²) >= 11 is 0.967.